The van der Waals surface area contributed by atoms with Crippen LogP contribution in [0, 0.1) is 0 Å². The molecule has 0 radical (unpaired) electrons. The van der Waals surface area contributed by atoms with E-state index in [0.717, 1.165) is 54.6 Å². The summed E-state index contributed by atoms with van der Waals surface area (Å²) in [7, 11) is 0. The zero-order valence-electron chi connectivity index (χ0n) is 29.0. The molecule has 8 aromatic carbocycles. The van der Waals surface area contributed by atoms with Gasteiger partial charge < -0.3 is 4.42 Å². The molecule has 9 aromatic rings. The van der Waals surface area contributed by atoms with Crippen LogP contribution in [-0.2, 0) is 0 Å². The van der Waals surface area contributed by atoms with E-state index >= 15 is 0 Å². The summed E-state index contributed by atoms with van der Waals surface area (Å²) in [6.45, 7) is 0. The molecule has 1 heteroatoms. The van der Waals surface area contributed by atoms with Gasteiger partial charge in [-0.2, -0.15) is 0 Å². The Bertz CT molecular complexity index is 2780. The van der Waals surface area contributed by atoms with Gasteiger partial charge in [0.15, 0.2) is 0 Å². The predicted octanol–water partition coefficient (Wildman–Crippen LogP) is 12.0. The fraction of sp³-hybridized carbons (Fsp3) is 0. The van der Waals surface area contributed by atoms with Gasteiger partial charge in [-0.05, 0) is 72.2 Å². The molecular formula is C42H26O. The fourth-order valence-corrected chi connectivity index (χ4v) is 6.62. The average Bonchev–Trinajstić information content (AvgIpc) is 3.55. The van der Waals surface area contributed by atoms with Gasteiger partial charge >= 0.3 is 0 Å². The topological polar surface area (TPSA) is 13.1 Å². The minimum atomic E-state index is -0.406. The minimum absolute atomic E-state index is 0.0238. The number of fused-ring (bicyclic) bond motifs is 6. The Labute approximate surface area is 257 Å². The number of benzene rings is 8. The molecule has 0 atom stereocenters. The van der Waals surface area contributed by atoms with Gasteiger partial charge in [-0.15, -0.1) is 0 Å². The van der Waals surface area contributed by atoms with Gasteiger partial charge in [0, 0.05) is 16.3 Å². The highest BCUT2D eigenvalue weighted by Gasteiger charge is 2.22. The van der Waals surface area contributed by atoms with Crippen molar-refractivity contribution in [3.8, 4) is 33.4 Å². The van der Waals surface area contributed by atoms with Gasteiger partial charge in [0.05, 0.1) is 8.22 Å². The van der Waals surface area contributed by atoms with Crippen LogP contribution < -0.4 is 0 Å². The first-order chi connectivity index (χ1) is 23.9. The van der Waals surface area contributed by atoms with Gasteiger partial charge in [-0.1, -0.05) is 145 Å². The SMILES string of the molecule is [2H]c1c([2H])c([2H])c2c(oc3c(-c4ccccc4)c(-c4c5ccccc5c(-c5cccc6ccccc56)c5ccccc45)c([2H])c([2H])c32)c1[2H]. The van der Waals surface area contributed by atoms with Gasteiger partial charge in [-0.25, -0.2) is 0 Å². The second kappa shape index (κ2) is 9.44. The summed E-state index contributed by atoms with van der Waals surface area (Å²) >= 11 is 0. The average molecular weight is 553 g/mol. The van der Waals surface area contributed by atoms with Crippen LogP contribution in [-0.4, -0.2) is 0 Å². The monoisotopic (exact) mass is 552 g/mol. The first kappa shape index (κ1) is 18.7. The zero-order valence-corrected chi connectivity index (χ0v) is 23.0. The van der Waals surface area contributed by atoms with E-state index in [1.54, 1.807) is 0 Å². The van der Waals surface area contributed by atoms with Crippen molar-refractivity contribution < 1.29 is 12.6 Å². The second-order valence-corrected chi connectivity index (χ2v) is 10.7. The molecule has 43 heavy (non-hydrogen) atoms. The van der Waals surface area contributed by atoms with Crippen molar-refractivity contribution >= 4 is 54.3 Å². The Morgan fingerprint density at radius 3 is 1.70 bits per heavy atom. The van der Waals surface area contributed by atoms with E-state index in [4.69, 9.17) is 9.90 Å². The number of hydrogen-bond acceptors (Lipinski definition) is 1. The van der Waals surface area contributed by atoms with Gasteiger partial charge in [0.25, 0.3) is 0 Å². The van der Waals surface area contributed by atoms with E-state index in [1.165, 1.54) is 0 Å². The van der Waals surface area contributed by atoms with Crippen LogP contribution in [0.4, 0.5) is 0 Å². The third-order valence-corrected chi connectivity index (χ3v) is 8.43. The Morgan fingerprint density at radius 2 is 0.977 bits per heavy atom. The number of rotatable bonds is 3. The van der Waals surface area contributed by atoms with Crippen LogP contribution in [0.25, 0.3) is 87.6 Å². The highest BCUT2D eigenvalue weighted by Crippen LogP contribution is 2.49. The Balaban J connectivity index is 1.52. The van der Waals surface area contributed by atoms with Gasteiger partial charge in [0.2, 0.25) is 0 Å². The van der Waals surface area contributed by atoms with Crippen LogP contribution in [0.5, 0.6) is 0 Å². The quantitative estimate of drug-likeness (QED) is 0.199. The Morgan fingerprint density at radius 1 is 0.395 bits per heavy atom. The maximum atomic E-state index is 9.69. The molecule has 0 bridgehead atoms. The highest BCUT2D eigenvalue weighted by molar-refractivity contribution is 6.25. The smallest absolute Gasteiger partial charge is 0.143 e. The molecule has 0 unspecified atom stereocenters. The molecule has 9 rings (SSSR count). The van der Waals surface area contributed by atoms with Crippen LogP contribution in [0.1, 0.15) is 8.22 Å². The predicted molar refractivity (Wildman–Crippen MR) is 183 cm³/mol. The van der Waals surface area contributed by atoms with E-state index in [-0.39, 0.29) is 46.1 Å². The summed E-state index contributed by atoms with van der Waals surface area (Å²) in [6.07, 6.45) is 0. The number of para-hydroxylation sites is 1. The molecule has 1 aromatic heterocycles. The number of furan rings is 1. The summed E-state index contributed by atoms with van der Waals surface area (Å²) in [5.41, 5.74) is 5.03. The van der Waals surface area contributed by atoms with Crippen molar-refractivity contribution in [2.45, 2.75) is 0 Å². The second-order valence-electron chi connectivity index (χ2n) is 10.7. The van der Waals surface area contributed by atoms with Crippen LogP contribution in [0.2, 0.25) is 0 Å². The first-order valence-electron chi connectivity index (χ1n) is 17.3. The first-order valence-corrected chi connectivity index (χ1v) is 14.3. The molecule has 1 heterocycles. The van der Waals surface area contributed by atoms with E-state index in [1.807, 2.05) is 60.7 Å². The lowest BCUT2D eigenvalue weighted by Gasteiger charge is -2.20. The van der Waals surface area contributed by atoms with Crippen LogP contribution in [0.3, 0.4) is 0 Å². The molecule has 0 fully saturated rings. The molecule has 0 spiro atoms. The summed E-state index contributed by atoms with van der Waals surface area (Å²) in [5, 5.41) is 6.42. The standard InChI is InChI=1S/C42H26O/c1-2-14-28(15-3-1)39-37(26-25-36-30-18-10-11-24-38(30)43-42(36)39)41-34-21-8-6-19-32(34)40(33-20-7-9-22-35(33)41)31-23-12-16-27-13-4-5-17-29(27)31/h1-26H/i10D,11D,18D,24D,25D,26D. The molecule has 200 valence electrons. The molecule has 0 saturated heterocycles. The fourth-order valence-electron chi connectivity index (χ4n) is 6.62. The highest BCUT2D eigenvalue weighted by atomic mass is 16.3. The van der Waals surface area contributed by atoms with E-state index in [9.17, 15) is 2.74 Å². The lowest BCUT2D eigenvalue weighted by atomic mass is 9.82. The van der Waals surface area contributed by atoms with Crippen LogP contribution >= 0.6 is 0 Å². The maximum Gasteiger partial charge on any atom is 0.143 e. The van der Waals surface area contributed by atoms with Crippen molar-refractivity contribution in [1.29, 1.82) is 0 Å². The maximum absolute atomic E-state index is 9.69. The third kappa shape index (κ3) is 3.58. The van der Waals surface area contributed by atoms with E-state index in [0.29, 0.717) is 11.1 Å². The molecule has 0 N–H and O–H groups in total. The van der Waals surface area contributed by atoms with E-state index in [2.05, 4.69) is 60.7 Å². The molecule has 0 amide bonds. The molecule has 0 aliphatic heterocycles. The summed E-state index contributed by atoms with van der Waals surface area (Å²) in [4.78, 5) is 0. The lowest BCUT2D eigenvalue weighted by Crippen LogP contribution is -1.93. The minimum Gasteiger partial charge on any atom is -0.455 e. The molecule has 0 aliphatic carbocycles. The zero-order chi connectivity index (χ0) is 33.6. The van der Waals surface area contributed by atoms with Crippen molar-refractivity contribution in [3.05, 3.63) is 158 Å². The van der Waals surface area contributed by atoms with Crippen LogP contribution in [0.15, 0.2) is 162 Å². The molecule has 0 saturated carbocycles. The molecule has 0 aliphatic rings. The van der Waals surface area contributed by atoms with Gasteiger partial charge in [0.1, 0.15) is 11.2 Å². The summed E-state index contributed by atoms with van der Waals surface area (Å²) in [5.74, 6) is 0. The number of hydrogen-bond donors (Lipinski definition) is 0. The Hall–Kier alpha value is -5.66. The third-order valence-electron chi connectivity index (χ3n) is 8.43. The molecule has 1 nitrogen and oxygen atoms in total. The lowest BCUT2D eigenvalue weighted by molar-refractivity contribution is 0.670. The molecular weight excluding hydrogens is 520 g/mol. The van der Waals surface area contributed by atoms with Crippen molar-refractivity contribution in [3.63, 3.8) is 0 Å². The Kier molecular flexibility index (Phi) is 4.11. The largest absolute Gasteiger partial charge is 0.455 e. The van der Waals surface area contributed by atoms with E-state index < -0.39 is 12.1 Å². The van der Waals surface area contributed by atoms with Crippen molar-refractivity contribution in [1.82, 2.24) is 0 Å². The van der Waals surface area contributed by atoms with Gasteiger partial charge in [-0.3, -0.25) is 0 Å². The van der Waals surface area contributed by atoms with Crippen molar-refractivity contribution in [2.75, 3.05) is 0 Å². The van der Waals surface area contributed by atoms with Crippen molar-refractivity contribution in [2.24, 2.45) is 0 Å². The normalized spacial score (nSPS) is 13.7. The summed E-state index contributed by atoms with van der Waals surface area (Å²) < 4.78 is 59.7. The summed E-state index contributed by atoms with van der Waals surface area (Å²) in [6, 6.07) is 39.1.